The van der Waals surface area contributed by atoms with Gasteiger partial charge in [-0.25, -0.2) is 0 Å². The third-order valence-corrected chi connectivity index (χ3v) is 3.76. The number of rotatable bonds is 3. The van der Waals surface area contributed by atoms with Crippen molar-refractivity contribution in [3.63, 3.8) is 0 Å². The van der Waals surface area contributed by atoms with Crippen LogP contribution in [-0.4, -0.2) is 26.7 Å². The maximum Gasteiger partial charge on any atom is 0.323 e. The van der Waals surface area contributed by atoms with Crippen molar-refractivity contribution in [3.05, 3.63) is 12.1 Å². The quantitative estimate of drug-likeness (QED) is 0.471. The Morgan fingerprint density at radius 1 is 0.739 bits per heavy atom. The number of nitrogens with two attached hydrogens (primary N) is 3. The molecule has 0 amide bonds. The first-order valence-corrected chi connectivity index (χ1v) is 6.72. The monoisotopic (exact) mass is 307 g/mol. The molecule has 1 aliphatic rings. The number of fused-ring (bicyclic) bond motifs is 2. The van der Waals surface area contributed by atoms with Crippen LogP contribution in [0, 0.1) is 0 Å². The number of ether oxygens (including phenoxy) is 1. The Labute approximate surface area is 128 Å². The molecule has 2 aromatic heterocycles. The van der Waals surface area contributed by atoms with Gasteiger partial charge >= 0.3 is 6.35 Å². The Balaban J connectivity index is 1.80. The molecule has 0 bridgehead atoms. The molecular formula is C13H9N9O. The van der Waals surface area contributed by atoms with Gasteiger partial charge in [-0.3, -0.25) is 0 Å². The fourth-order valence-electron chi connectivity index (χ4n) is 2.70. The summed E-state index contributed by atoms with van der Waals surface area (Å²) in [6.07, 6.45) is -0.507. The van der Waals surface area contributed by atoms with E-state index >= 15 is 0 Å². The molecule has 0 radical (unpaired) electrons. The van der Waals surface area contributed by atoms with Crippen LogP contribution in [0.2, 0.25) is 0 Å². The van der Waals surface area contributed by atoms with Gasteiger partial charge in [-0.1, -0.05) is 0 Å². The van der Waals surface area contributed by atoms with Gasteiger partial charge in [0.05, 0.1) is 0 Å². The minimum atomic E-state index is -0.507. The molecule has 0 fully saturated rings. The van der Waals surface area contributed by atoms with Crippen LogP contribution < -0.4 is 21.9 Å². The molecule has 0 atom stereocenters. The Morgan fingerprint density at radius 2 is 1.26 bits per heavy atom. The molecule has 0 unspecified atom stereocenters. The topological polar surface area (TPSA) is 164 Å². The van der Waals surface area contributed by atoms with Crippen molar-refractivity contribution in [2.24, 2.45) is 10.2 Å². The van der Waals surface area contributed by atoms with E-state index in [1.165, 1.54) is 0 Å². The Bertz CT molecular complexity index is 1020. The van der Waals surface area contributed by atoms with E-state index in [-0.39, 0.29) is 0 Å². The molecule has 10 heteroatoms. The number of aromatic nitrogens is 4. The highest BCUT2D eigenvalue weighted by Crippen LogP contribution is 2.46. The Kier molecular flexibility index (Phi) is 1.99. The van der Waals surface area contributed by atoms with Crippen molar-refractivity contribution in [2.75, 3.05) is 17.2 Å². The number of nitrogens with zero attached hydrogens (tertiary/aromatic N) is 6. The smallest absolute Gasteiger partial charge is 0.323 e. The van der Waals surface area contributed by atoms with Crippen molar-refractivity contribution in [3.8, 4) is 16.9 Å². The summed E-state index contributed by atoms with van der Waals surface area (Å²) in [4.78, 5) is 0. The van der Waals surface area contributed by atoms with Crippen LogP contribution in [0.4, 0.5) is 17.1 Å². The molecule has 3 heterocycles. The number of benzene rings is 2. The maximum absolute atomic E-state index is 6.10. The zero-order valence-corrected chi connectivity index (χ0v) is 11.6. The number of hydrogen-bond acceptors (Lipinski definition) is 10. The third-order valence-electron chi connectivity index (χ3n) is 3.76. The van der Waals surface area contributed by atoms with Crippen LogP contribution in [0.5, 0.6) is 5.75 Å². The summed E-state index contributed by atoms with van der Waals surface area (Å²) in [6.45, 7) is 0. The highest BCUT2D eigenvalue weighted by molar-refractivity contribution is 6.16. The lowest BCUT2D eigenvalue weighted by Crippen LogP contribution is -2.10. The first kappa shape index (κ1) is 12.0. The van der Waals surface area contributed by atoms with Crippen LogP contribution >= 0.6 is 0 Å². The normalized spacial score (nSPS) is 14.3. The summed E-state index contributed by atoms with van der Waals surface area (Å²) in [5.41, 5.74) is 23.0. The molecule has 0 spiro atoms. The van der Waals surface area contributed by atoms with Crippen LogP contribution in [0.1, 0.15) is 0 Å². The van der Waals surface area contributed by atoms with Gasteiger partial charge in [0, 0.05) is 28.2 Å². The summed E-state index contributed by atoms with van der Waals surface area (Å²) in [6, 6.07) is 3.28. The molecular weight excluding hydrogens is 298 g/mol. The average molecular weight is 307 g/mol. The van der Waals surface area contributed by atoms with Gasteiger partial charge in [0.15, 0.2) is 16.8 Å². The summed E-state index contributed by atoms with van der Waals surface area (Å²) in [5, 5.41) is 23.6. The molecule has 5 rings (SSSR count). The number of anilines is 3. The van der Waals surface area contributed by atoms with Crippen molar-refractivity contribution in [2.45, 2.75) is 6.35 Å². The highest BCUT2D eigenvalue weighted by Gasteiger charge is 2.30. The Hall–Kier alpha value is -3.56. The number of hydrogen-bond donors (Lipinski definition) is 3. The fourth-order valence-corrected chi connectivity index (χ4v) is 2.70. The first-order valence-electron chi connectivity index (χ1n) is 6.72. The van der Waals surface area contributed by atoms with Crippen molar-refractivity contribution in [1.82, 2.24) is 20.4 Å². The van der Waals surface area contributed by atoms with Gasteiger partial charge in [-0.05, 0) is 12.1 Å². The molecule has 0 aliphatic carbocycles. The summed E-state index contributed by atoms with van der Waals surface area (Å²) >= 11 is 0. The fraction of sp³-hybridized carbons (Fsp3) is 0.0769. The van der Waals surface area contributed by atoms with E-state index in [4.69, 9.17) is 21.9 Å². The molecule has 1 aliphatic heterocycles. The zero-order valence-electron chi connectivity index (χ0n) is 11.6. The molecule has 112 valence electrons. The van der Waals surface area contributed by atoms with Gasteiger partial charge in [-0.15, -0.1) is 30.6 Å². The lowest BCUT2D eigenvalue weighted by atomic mass is 9.96. The molecule has 0 saturated carbocycles. The third kappa shape index (κ3) is 1.51. The maximum atomic E-state index is 6.10. The molecule has 2 aromatic carbocycles. The van der Waals surface area contributed by atoms with Crippen molar-refractivity contribution < 1.29 is 4.74 Å². The second-order valence-electron chi connectivity index (χ2n) is 5.25. The summed E-state index contributed by atoms with van der Waals surface area (Å²) < 4.78 is 5.60. The highest BCUT2D eigenvalue weighted by atomic mass is 16.5. The lowest BCUT2D eigenvalue weighted by Gasteiger charge is -2.18. The van der Waals surface area contributed by atoms with E-state index in [9.17, 15) is 0 Å². The molecule has 0 saturated heterocycles. The second kappa shape index (κ2) is 3.80. The van der Waals surface area contributed by atoms with Crippen LogP contribution in [0.25, 0.3) is 33.2 Å². The molecule has 4 aromatic rings. The van der Waals surface area contributed by atoms with E-state index in [1.807, 2.05) is 0 Å². The lowest BCUT2D eigenvalue weighted by molar-refractivity contribution is 0.291. The molecule has 23 heavy (non-hydrogen) atoms. The Morgan fingerprint density at radius 3 is 1.70 bits per heavy atom. The van der Waals surface area contributed by atoms with Crippen LogP contribution in [0.15, 0.2) is 22.4 Å². The zero-order chi connectivity index (χ0) is 15.7. The average Bonchev–Trinajstić information content (AvgIpc) is 3.17. The van der Waals surface area contributed by atoms with Gasteiger partial charge in [-0.2, -0.15) is 0 Å². The molecule has 6 N–H and O–H groups in total. The van der Waals surface area contributed by atoms with Gasteiger partial charge in [0.25, 0.3) is 0 Å². The second-order valence-corrected chi connectivity index (χ2v) is 5.25. The van der Waals surface area contributed by atoms with E-state index < -0.39 is 6.35 Å². The minimum absolute atomic E-state index is 0.442. The van der Waals surface area contributed by atoms with Crippen molar-refractivity contribution in [1.29, 1.82) is 0 Å². The van der Waals surface area contributed by atoms with Crippen molar-refractivity contribution >= 4 is 39.1 Å². The summed E-state index contributed by atoms with van der Waals surface area (Å²) in [5.74, 6) is 0.478. The largest absolute Gasteiger partial charge is 0.442 e. The van der Waals surface area contributed by atoms with Crippen LogP contribution in [0.3, 0.4) is 0 Å². The predicted molar refractivity (Wildman–Crippen MR) is 83.0 cm³/mol. The summed E-state index contributed by atoms with van der Waals surface area (Å²) in [7, 11) is 0. The predicted octanol–water partition coefficient (Wildman–Crippen LogP) is 0.990. The van der Waals surface area contributed by atoms with E-state index in [2.05, 4.69) is 30.6 Å². The minimum Gasteiger partial charge on any atom is -0.442 e. The van der Waals surface area contributed by atoms with Crippen LogP contribution in [-0.2, 0) is 0 Å². The van der Waals surface area contributed by atoms with Gasteiger partial charge < -0.3 is 21.9 Å². The SMILES string of the molecule is Nc1cc(N)c(-c2c3nnc3c(OC3N=N3)c3nnc23)c(N)c1. The van der Waals surface area contributed by atoms with E-state index in [0.717, 1.165) is 0 Å². The van der Waals surface area contributed by atoms with E-state index in [0.29, 0.717) is 56.0 Å². The van der Waals surface area contributed by atoms with Gasteiger partial charge in [0.2, 0.25) is 0 Å². The first-order chi connectivity index (χ1) is 11.1. The molecule has 10 nitrogen and oxygen atoms in total. The standard InChI is InChI=1S/C13H9N9O/c14-3-1-4(15)6(5(16)2-3)7-8-10(19-17-8)12(23-13-21-22-13)11-9(7)18-20-11/h1-2,13H,14-16H2. The number of nitrogen functional groups attached to an aromatic ring is 3. The van der Waals surface area contributed by atoms with E-state index in [1.54, 1.807) is 12.1 Å². The van der Waals surface area contributed by atoms with Gasteiger partial charge in [0.1, 0.15) is 11.0 Å².